The Morgan fingerprint density at radius 2 is 1.73 bits per heavy atom. The second-order valence-corrected chi connectivity index (χ2v) is 12.6. The summed E-state index contributed by atoms with van der Waals surface area (Å²) in [5, 5.41) is 0. The van der Waals surface area contributed by atoms with Crippen LogP contribution in [0, 0.1) is 24.4 Å². The number of sulfone groups is 1. The standard InChI is InChI=1S/C29H26F6N4O4S/c1-15-13-16(5-8-19(15)30)25-24(36-27-20(31)9-10-22(43-4)39(25)27)28(40)38(12-11-37(2)3)21-14-44(41,42)26-17(21)6-7-18(23(26)32)29(33,34)35/h5-10,13,21H,11-12,14H2,1-4H3. The van der Waals surface area contributed by atoms with Gasteiger partial charge in [-0.3, -0.25) is 9.20 Å². The number of likely N-dealkylation sites (N-methyl/N-ethyl adjacent to an activating group) is 1. The van der Waals surface area contributed by atoms with Gasteiger partial charge in [0.05, 0.1) is 30.2 Å². The van der Waals surface area contributed by atoms with E-state index >= 15 is 8.78 Å². The molecule has 0 N–H and O–H groups in total. The van der Waals surface area contributed by atoms with Crippen LogP contribution in [-0.4, -0.2) is 73.6 Å². The quantitative estimate of drug-likeness (QED) is 0.256. The Morgan fingerprint density at radius 3 is 2.34 bits per heavy atom. The highest BCUT2D eigenvalue weighted by atomic mass is 32.2. The molecule has 8 nitrogen and oxygen atoms in total. The number of halogens is 6. The van der Waals surface area contributed by atoms with Crippen molar-refractivity contribution in [2.24, 2.45) is 0 Å². The van der Waals surface area contributed by atoms with Crippen LogP contribution < -0.4 is 4.74 Å². The van der Waals surface area contributed by atoms with Crippen molar-refractivity contribution in [2.45, 2.75) is 24.0 Å². The van der Waals surface area contributed by atoms with Crippen LogP contribution in [0.1, 0.15) is 33.2 Å². The number of carbonyl (C=O) groups excluding carboxylic acids is 1. The first-order valence-electron chi connectivity index (χ1n) is 13.2. The molecule has 5 rings (SSSR count). The molecular weight excluding hydrogens is 614 g/mol. The van der Waals surface area contributed by atoms with E-state index in [1.165, 1.54) is 36.6 Å². The summed E-state index contributed by atoms with van der Waals surface area (Å²) >= 11 is 0. The van der Waals surface area contributed by atoms with Gasteiger partial charge in [0.15, 0.2) is 38.7 Å². The van der Waals surface area contributed by atoms with E-state index in [-0.39, 0.29) is 52.7 Å². The van der Waals surface area contributed by atoms with Crippen molar-refractivity contribution in [2.75, 3.05) is 40.0 Å². The van der Waals surface area contributed by atoms with Gasteiger partial charge in [-0.2, -0.15) is 13.2 Å². The van der Waals surface area contributed by atoms with Gasteiger partial charge in [-0.15, -0.1) is 0 Å². The van der Waals surface area contributed by atoms with Crippen LogP contribution in [0.4, 0.5) is 26.3 Å². The van der Waals surface area contributed by atoms with Crippen LogP contribution in [0.3, 0.4) is 0 Å². The zero-order valence-electron chi connectivity index (χ0n) is 23.8. The number of nitrogens with zero attached hydrogens (tertiary/aromatic N) is 4. The van der Waals surface area contributed by atoms with E-state index in [0.717, 1.165) is 23.1 Å². The molecule has 0 spiro atoms. The van der Waals surface area contributed by atoms with Gasteiger partial charge < -0.3 is 14.5 Å². The van der Waals surface area contributed by atoms with Gasteiger partial charge >= 0.3 is 6.18 Å². The van der Waals surface area contributed by atoms with E-state index in [9.17, 15) is 30.8 Å². The van der Waals surface area contributed by atoms with Gasteiger partial charge in [0.1, 0.15) is 10.7 Å². The number of hydrogen-bond acceptors (Lipinski definition) is 6. The van der Waals surface area contributed by atoms with Gasteiger partial charge in [0.2, 0.25) is 0 Å². The molecule has 0 radical (unpaired) electrons. The number of aromatic nitrogens is 2. The zero-order chi connectivity index (χ0) is 32.3. The normalized spacial score (nSPS) is 16.0. The van der Waals surface area contributed by atoms with Crippen LogP contribution in [-0.2, 0) is 16.0 Å². The molecule has 4 aromatic rings. The van der Waals surface area contributed by atoms with Gasteiger partial charge in [0, 0.05) is 24.7 Å². The summed E-state index contributed by atoms with van der Waals surface area (Å²) in [6, 6.07) is 6.15. The smallest absolute Gasteiger partial charge is 0.419 e. The summed E-state index contributed by atoms with van der Waals surface area (Å²) in [5.74, 6) is -5.06. The number of methoxy groups -OCH3 is 1. The Hall–Kier alpha value is -4.11. The number of rotatable bonds is 7. The van der Waals surface area contributed by atoms with Crippen molar-refractivity contribution in [1.29, 1.82) is 0 Å². The van der Waals surface area contributed by atoms with Crippen molar-refractivity contribution < 1.29 is 44.3 Å². The second kappa shape index (κ2) is 11.1. The first kappa shape index (κ1) is 31.3. The third-order valence-corrected chi connectivity index (χ3v) is 9.22. The number of benzene rings is 2. The minimum atomic E-state index is -5.16. The second-order valence-electron chi connectivity index (χ2n) is 10.6. The SMILES string of the molecule is COc1ccc(F)c2nc(C(=O)N(CCN(C)C)C3CS(=O)(=O)c4c3ccc(C(F)(F)F)c4F)c(-c3ccc(F)c(C)c3)n12. The lowest BCUT2D eigenvalue weighted by atomic mass is 10.0. The Labute approximate surface area is 248 Å². The molecule has 1 unspecified atom stereocenters. The monoisotopic (exact) mass is 640 g/mol. The van der Waals surface area contributed by atoms with Crippen LogP contribution in [0.25, 0.3) is 16.9 Å². The minimum absolute atomic E-state index is 0.000944. The van der Waals surface area contributed by atoms with Crippen LogP contribution in [0.15, 0.2) is 47.4 Å². The molecule has 1 amide bonds. The molecule has 2 aromatic carbocycles. The maximum Gasteiger partial charge on any atom is 0.419 e. The van der Waals surface area contributed by atoms with Gasteiger partial charge in [-0.1, -0.05) is 6.07 Å². The number of carbonyl (C=O) groups is 1. The van der Waals surface area contributed by atoms with Crippen molar-refractivity contribution in [1.82, 2.24) is 19.2 Å². The summed E-state index contributed by atoms with van der Waals surface area (Å²) in [7, 11) is 0.0464. The van der Waals surface area contributed by atoms with E-state index in [2.05, 4.69) is 4.98 Å². The summed E-state index contributed by atoms with van der Waals surface area (Å²) in [4.78, 5) is 20.3. The molecule has 234 valence electrons. The topological polar surface area (TPSA) is 84.2 Å². The number of aryl methyl sites for hydroxylation is 1. The Kier molecular flexibility index (Phi) is 7.91. The molecule has 0 saturated carbocycles. The van der Waals surface area contributed by atoms with Crippen molar-refractivity contribution in [3.63, 3.8) is 0 Å². The van der Waals surface area contributed by atoms with Crippen LogP contribution in [0.2, 0.25) is 0 Å². The van der Waals surface area contributed by atoms with E-state index < -0.39 is 61.6 Å². The number of ether oxygens (including phenoxy) is 1. The summed E-state index contributed by atoms with van der Waals surface area (Å²) in [6.45, 7) is 1.48. The van der Waals surface area contributed by atoms with Crippen LogP contribution >= 0.6 is 0 Å². The highest BCUT2D eigenvalue weighted by Crippen LogP contribution is 2.44. The summed E-state index contributed by atoms with van der Waals surface area (Å²) < 4.78 is 118. The average Bonchev–Trinajstić information content (AvgIpc) is 3.46. The molecule has 0 saturated heterocycles. The molecule has 0 bridgehead atoms. The van der Waals surface area contributed by atoms with E-state index in [4.69, 9.17) is 4.74 Å². The van der Waals surface area contributed by atoms with E-state index in [0.29, 0.717) is 6.07 Å². The minimum Gasteiger partial charge on any atom is -0.482 e. The first-order valence-corrected chi connectivity index (χ1v) is 14.8. The zero-order valence-corrected chi connectivity index (χ0v) is 24.7. The Morgan fingerprint density at radius 1 is 1.05 bits per heavy atom. The number of imidazole rings is 1. The first-order chi connectivity index (χ1) is 20.6. The highest BCUT2D eigenvalue weighted by molar-refractivity contribution is 7.91. The van der Waals surface area contributed by atoms with Gasteiger partial charge in [-0.25, -0.2) is 26.6 Å². The lowest BCUT2D eigenvalue weighted by Crippen LogP contribution is -2.40. The van der Waals surface area contributed by atoms with Crippen LogP contribution in [0.5, 0.6) is 5.88 Å². The number of fused-ring (bicyclic) bond motifs is 2. The lowest BCUT2D eigenvalue weighted by Gasteiger charge is -2.30. The fraction of sp³-hybridized carbons (Fsp3) is 0.310. The van der Waals surface area contributed by atoms with Gasteiger partial charge in [-0.05, 0) is 62.5 Å². The number of pyridine rings is 1. The Balaban J connectivity index is 1.75. The molecule has 15 heteroatoms. The average molecular weight is 641 g/mol. The van der Waals surface area contributed by atoms with E-state index in [1.54, 1.807) is 19.0 Å². The predicted octanol–water partition coefficient (Wildman–Crippen LogP) is 5.29. The third-order valence-electron chi connectivity index (χ3n) is 7.43. The number of alkyl halides is 3. The van der Waals surface area contributed by atoms with Crippen molar-refractivity contribution in [3.8, 4) is 17.1 Å². The van der Waals surface area contributed by atoms with E-state index in [1.807, 2.05) is 0 Å². The molecule has 3 heterocycles. The third kappa shape index (κ3) is 5.27. The fourth-order valence-electron chi connectivity index (χ4n) is 5.31. The Bertz CT molecular complexity index is 1910. The predicted molar refractivity (Wildman–Crippen MR) is 148 cm³/mol. The molecule has 1 aliphatic rings. The molecule has 44 heavy (non-hydrogen) atoms. The van der Waals surface area contributed by atoms with Gasteiger partial charge in [0.25, 0.3) is 5.91 Å². The molecule has 0 fully saturated rings. The highest BCUT2D eigenvalue weighted by Gasteiger charge is 2.46. The molecular formula is C29H26F6N4O4S. The maximum atomic E-state index is 15.2. The maximum absolute atomic E-state index is 15.2. The largest absolute Gasteiger partial charge is 0.482 e. The lowest BCUT2D eigenvalue weighted by molar-refractivity contribution is -0.140. The molecule has 2 aromatic heterocycles. The number of hydrogen-bond donors (Lipinski definition) is 0. The number of amides is 1. The molecule has 1 atom stereocenters. The molecule has 1 aliphatic heterocycles. The van der Waals surface area contributed by atoms with Crippen molar-refractivity contribution in [3.05, 3.63) is 82.3 Å². The molecule has 0 aliphatic carbocycles. The fourth-order valence-corrected chi connectivity index (χ4v) is 7.19. The summed E-state index contributed by atoms with van der Waals surface area (Å²) in [5.41, 5.74) is -2.32. The van der Waals surface area contributed by atoms with Crippen molar-refractivity contribution >= 4 is 21.4 Å². The summed E-state index contributed by atoms with van der Waals surface area (Å²) in [6.07, 6.45) is -5.16.